The summed E-state index contributed by atoms with van der Waals surface area (Å²) in [4.78, 5) is 11.8. The lowest BCUT2D eigenvalue weighted by Gasteiger charge is -2.36. The topological polar surface area (TPSA) is 93.1 Å². The second-order valence-corrected chi connectivity index (χ2v) is 9.50. The third-order valence-electron chi connectivity index (χ3n) is 5.47. The van der Waals surface area contributed by atoms with Crippen molar-refractivity contribution in [2.45, 2.75) is 43.5 Å². The number of carboxylic acid groups (broad SMARTS) is 1. The van der Waals surface area contributed by atoms with Gasteiger partial charge >= 0.3 is 5.97 Å². The van der Waals surface area contributed by atoms with E-state index in [1.807, 2.05) is 13.8 Å². The van der Waals surface area contributed by atoms with Crippen molar-refractivity contribution in [1.82, 2.24) is 4.31 Å². The first-order valence-corrected chi connectivity index (χ1v) is 11.2. The summed E-state index contributed by atoms with van der Waals surface area (Å²) in [6, 6.07) is 9.43. The highest BCUT2D eigenvalue weighted by molar-refractivity contribution is 7.89. The largest absolute Gasteiger partial charge is 0.493 e. The van der Waals surface area contributed by atoms with E-state index in [2.05, 4.69) is 0 Å². The number of carboxylic acids is 1. The molecule has 8 heteroatoms. The molecule has 2 aromatic carbocycles. The van der Waals surface area contributed by atoms with Crippen LogP contribution in [0.3, 0.4) is 0 Å². The molecular weight excluding hydrogens is 406 g/mol. The normalized spacial score (nSPS) is 16.9. The van der Waals surface area contributed by atoms with Crippen LogP contribution in [0.25, 0.3) is 0 Å². The number of nitrogens with zero attached hydrogens (tertiary/aromatic N) is 1. The summed E-state index contributed by atoms with van der Waals surface area (Å²) in [5.74, 6) is 0.182. The van der Waals surface area contributed by atoms with Crippen LogP contribution in [0.1, 0.15) is 48.9 Å². The summed E-state index contributed by atoms with van der Waals surface area (Å²) in [5.41, 5.74) is 2.53. The van der Waals surface area contributed by atoms with Gasteiger partial charge < -0.3 is 14.6 Å². The Kier molecular flexibility index (Phi) is 6.38. The van der Waals surface area contributed by atoms with Gasteiger partial charge in [-0.15, -0.1) is 0 Å². The maximum atomic E-state index is 13.4. The second kappa shape index (κ2) is 8.65. The zero-order valence-corrected chi connectivity index (χ0v) is 18.4. The van der Waals surface area contributed by atoms with Crippen LogP contribution in [0.15, 0.2) is 41.3 Å². The zero-order valence-electron chi connectivity index (χ0n) is 17.6. The maximum Gasteiger partial charge on any atom is 0.305 e. The molecule has 1 heterocycles. The minimum atomic E-state index is -3.88. The summed E-state index contributed by atoms with van der Waals surface area (Å²) < 4.78 is 38.8. The average molecular weight is 434 g/mol. The highest BCUT2D eigenvalue weighted by Crippen LogP contribution is 2.41. The molecule has 1 atom stereocenters. The van der Waals surface area contributed by atoms with Crippen LogP contribution in [0.2, 0.25) is 0 Å². The maximum absolute atomic E-state index is 13.4. The van der Waals surface area contributed by atoms with E-state index >= 15 is 0 Å². The Hall–Kier alpha value is -2.58. The van der Waals surface area contributed by atoms with Gasteiger partial charge in [0.15, 0.2) is 11.5 Å². The quantitative estimate of drug-likeness (QED) is 0.717. The lowest BCUT2D eigenvalue weighted by molar-refractivity contribution is -0.138. The van der Waals surface area contributed by atoms with Gasteiger partial charge in [0, 0.05) is 6.54 Å². The third kappa shape index (κ3) is 4.15. The molecule has 162 valence electrons. The summed E-state index contributed by atoms with van der Waals surface area (Å²) >= 11 is 0. The lowest BCUT2D eigenvalue weighted by Crippen LogP contribution is -2.41. The Balaban J connectivity index is 2.07. The van der Waals surface area contributed by atoms with Crippen molar-refractivity contribution in [1.29, 1.82) is 0 Å². The first-order chi connectivity index (χ1) is 14.2. The van der Waals surface area contributed by atoms with Crippen molar-refractivity contribution in [3.8, 4) is 11.5 Å². The van der Waals surface area contributed by atoms with Gasteiger partial charge in [0.25, 0.3) is 0 Å². The number of rotatable bonds is 7. The van der Waals surface area contributed by atoms with Crippen molar-refractivity contribution in [2.24, 2.45) is 0 Å². The fourth-order valence-corrected chi connectivity index (χ4v) is 5.44. The van der Waals surface area contributed by atoms with Crippen LogP contribution in [0, 0.1) is 0 Å². The van der Waals surface area contributed by atoms with Crippen molar-refractivity contribution < 1.29 is 27.8 Å². The van der Waals surface area contributed by atoms with E-state index in [4.69, 9.17) is 9.47 Å². The molecule has 30 heavy (non-hydrogen) atoms. The molecule has 0 fully saturated rings. The Morgan fingerprint density at radius 3 is 2.27 bits per heavy atom. The zero-order chi connectivity index (χ0) is 22.1. The average Bonchev–Trinajstić information content (AvgIpc) is 2.72. The molecule has 0 spiro atoms. The highest BCUT2D eigenvalue weighted by atomic mass is 32.2. The predicted molar refractivity (Wildman–Crippen MR) is 113 cm³/mol. The predicted octanol–water partition coefficient (Wildman–Crippen LogP) is 3.59. The fraction of sp³-hybridized carbons (Fsp3) is 0.409. The number of carbonyl (C=O) groups is 1. The van der Waals surface area contributed by atoms with Crippen LogP contribution in [-0.2, 0) is 21.2 Å². The number of fused-ring (bicyclic) bond motifs is 1. The monoisotopic (exact) mass is 433 g/mol. The van der Waals surface area contributed by atoms with E-state index in [0.29, 0.717) is 23.5 Å². The van der Waals surface area contributed by atoms with E-state index in [1.54, 1.807) is 36.4 Å². The molecule has 0 saturated carbocycles. The number of benzene rings is 2. The molecule has 0 bridgehead atoms. The molecule has 1 aliphatic rings. The summed E-state index contributed by atoms with van der Waals surface area (Å²) in [6.45, 7) is 4.26. The SMILES string of the molecule is COc1cc2c(cc1OC)C(CC(=O)O)N(S(=O)(=O)c1ccc(C(C)C)cc1)CC2. The van der Waals surface area contributed by atoms with Crippen LogP contribution < -0.4 is 9.47 Å². The Labute approximate surface area is 177 Å². The van der Waals surface area contributed by atoms with Gasteiger partial charge in [-0.2, -0.15) is 4.31 Å². The van der Waals surface area contributed by atoms with Gasteiger partial charge in [-0.3, -0.25) is 4.79 Å². The van der Waals surface area contributed by atoms with Crippen molar-refractivity contribution in [3.05, 3.63) is 53.1 Å². The summed E-state index contributed by atoms with van der Waals surface area (Å²) in [6.07, 6.45) is 0.112. The smallest absolute Gasteiger partial charge is 0.305 e. The molecule has 2 aromatic rings. The number of ether oxygens (including phenoxy) is 2. The van der Waals surface area contributed by atoms with Gasteiger partial charge in [0.1, 0.15) is 0 Å². The van der Waals surface area contributed by atoms with Crippen LogP contribution >= 0.6 is 0 Å². The number of aliphatic carboxylic acids is 1. The van der Waals surface area contributed by atoms with Gasteiger partial charge in [-0.05, 0) is 53.3 Å². The summed E-state index contributed by atoms with van der Waals surface area (Å²) in [7, 11) is -0.862. The van der Waals surface area contributed by atoms with Gasteiger partial charge in [-0.1, -0.05) is 26.0 Å². The minimum Gasteiger partial charge on any atom is -0.493 e. The molecule has 3 rings (SSSR count). The molecule has 1 aliphatic heterocycles. The Morgan fingerprint density at radius 1 is 1.13 bits per heavy atom. The Bertz CT molecular complexity index is 1030. The van der Waals surface area contributed by atoms with Crippen LogP contribution in [-0.4, -0.2) is 44.6 Å². The number of methoxy groups -OCH3 is 2. The molecule has 0 saturated heterocycles. The van der Waals surface area contributed by atoms with Crippen LogP contribution in [0.4, 0.5) is 0 Å². The second-order valence-electron chi connectivity index (χ2n) is 7.61. The van der Waals surface area contributed by atoms with E-state index in [-0.39, 0.29) is 23.8 Å². The lowest BCUT2D eigenvalue weighted by atomic mass is 9.92. The molecule has 7 nitrogen and oxygen atoms in total. The number of hydrogen-bond donors (Lipinski definition) is 1. The number of hydrogen-bond acceptors (Lipinski definition) is 5. The summed E-state index contributed by atoms with van der Waals surface area (Å²) in [5, 5.41) is 9.49. The molecule has 1 unspecified atom stereocenters. The molecular formula is C22H27NO6S. The molecule has 1 N–H and O–H groups in total. The van der Waals surface area contributed by atoms with Crippen molar-refractivity contribution in [3.63, 3.8) is 0 Å². The van der Waals surface area contributed by atoms with E-state index in [0.717, 1.165) is 11.1 Å². The van der Waals surface area contributed by atoms with Gasteiger partial charge in [0.2, 0.25) is 10.0 Å². The Morgan fingerprint density at radius 2 is 1.73 bits per heavy atom. The first-order valence-electron chi connectivity index (χ1n) is 9.77. The molecule has 0 aliphatic carbocycles. The standard InChI is InChI=1S/C22H27NO6S/c1-14(2)15-5-7-17(8-6-15)30(26,27)23-10-9-16-11-20(28-3)21(29-4)12-18(16)19(23)13-22(24)25/h5-8,11-12,14,19H,9-10,13H2,1-4H3,(H,24,25). The van der Waals surface area contributed by atoms with Crippen molar-refractivity contribution >= 4 is 16.0 Å². The molecule has 0 amide bonds. The fourth-order valence-electron chi connectivity index (χ4n) is 3.83. The van der Waals surface area contributed by atoms with Crippen molar-refractivity contribution in [2.75, 3.05) is 20.8 Å². The van der Waals surface area contributed by atoms with Crippen LogP contribution in [0.5, 0.6) is 11.5 Å². The van der Waals surface area contributed by atoms with E-state index in [1.165, 1.54) is 18.5 Å². The van der Waals surface area contributed by atoms with Gasteiger partial charge in [0.05, 0.1) is 31.6 Å². The third-order valence-corrected chi connectivity index (χ3v) is 7.40. The van der Waals surface area contributed by atoms with Gasteiger partial charge in [-0.25, -0.2) is 8.42 Å². The van der Waals surface area contributed by atoms with E-state index in [9.17, 15) is 18.3 Å². The highest BCUT2D eigenvalue weighted by Gasteiger charge is 2.38. The molecule has 0 aromatic heterocycles. The minimum absolute atomic E-state index is 0.159. The first kappa shape index (κ1) is 22.1. The van der Waals surface area contributed by atoms with E-state index < -0.39 is 22.0 Å². The number of sulfonamides is 1. The molecule has 0 radical (unpaired) electrons.